The van der Waals surface area contributed by atoms with Gasteiger partial charge in [0.1, 0.15) is 0 Å². The number of benzene rings is 2. The lowest BCUT2D eigenvalue weighted by molar-refractivity contribution is 0.354. The maximum absolute atomic E-state index is 6.03. The van der Waals surface area contributed by atoms with Gasteiger partial charge in [-0.05, 0) is 48.4 Å². The van der Waals surface area contributed by atoms with Crippen molar-refractivity contribution in [2.45, 2.75) is 12.3 Å². The molecule has 23 heavy (non-hydrogen) atoms. The van der Waals surface area contributed by atoms with E-state index in [-0.39, 0.29) is 5.92 Å². The molecule has 2 rings (SSSR count). The van der Waals surface area contributed by atoms with Crippen LogP contribution in [0, 0.1) is 0 Å². The molecule has 0 aliphatic rings. The number of nitrogens with zero attached hydrogens (tertiary/aromatic N) is 1. The minimum Gasteiger partial charge on any atom is -0.493 e. The molecule has 0 spiro atoms. The van der Waals surface area contributed by atoms with Gasteiger partial charge in [-0.2, -0.15) is 0 Å². The van der Waals surface area contributed by atoms with Crippen LogP contribution in [0.4, 0.5) is 5.69 Å². The molecular weight excluding hydrogens is 288 g/mol. The van der Waals surface area contributed by atoms with Gasteiger partial charge in [0.2, 0.25) is 0 Å². The van der Waals surface area contributed by atoms with Gasteiger partial charge >= 0.3 is 0 Å². The van der Waals surface area contributed by atoms with Gasteiger partial charge in [0.15, 0.2) is 11.5 Å². The molecule has 2 aromatic rings. The quantitative estimate of drug-likeness (QED) is 0.853. The molecule has 0 heterocycles. The van der Waals surface area contributed by atoms with Crippen molar-refractivity contribution in [3.63, 3.8) is 0 Å². The van der Waals surface area contributed by atoms with Crippen LogP contribution in [0.5, 0.6) is 11.5 Å². The standard InChI is InChI=1S/C19H26N2O2/c1-21(2)17-7-5-6-14(11-17)10-16(13-20)15-8-9-18(22-3)19(12-15)23-4/h5-9,11-12,16H,10,13,20H2,1-4H3. The van der Waals surface area contributed by atoms with Gasteiger partial charge in [-0.1, -0.05) is 18.2 Å². The van der Waals surface area contributed by atoms with Crippen LogP contribution >= 0.6 is 0 Å². The third-order valence-electron chi connectivity index (χ3n) is 4.07. The van der Waals surface area contributed by atoms with Crippen molar-refractivity contribution in [3.8, 4) is 11.5 Å². The van der Waals surface area contributed by atoms with Crippen molar-refractivity contribution < 1.29 is 9.47 Å². The molecule has 2 aromatic carbocycles. The summed E-state index contributed by atoms with van der Waals surface area (Å²) in [7, 11) is 7.39. The summed E-state index contributed by atoms with van der Waals surface area (Å²) >= 11 is 0. The Labute approximate surface area is 138 Å². The SMILES string of the molecule is COc1ccc(C(CN)Cc2cccc(N(C)C)c2)cc1OC. The van der Waals surface area contributed by atoms with Crippen molar-refractivity contribution in [1.82, 2.24) is 0 Å². The van der Waals surface area contributed by atoms with Crippen LogP contribution in [0.1, 0.15) is 17.0 Å². The highest BCUT2D eigenvalue weighted by molar-refractivity contribution is 5.48. The number of nitrogens with two attached hydrogens (primary N) is 1. The smallest absolute Gasteiger partial charge is 0.160 e. The Morgan fingerprint density at radius 2 is 1.74 bits per heavy atom. The molecule has 0 amide bonds. The molecule has 1 unspecified atom stereocenters. The molecule has 0 bridgehead atoms. The van der Waals surface area contributed by atoms with Gasteiger partial charge in [0.25, 0.3) is 0 Å². The highest BCUT2D eigenvalue weighted by atomic mass is 16.5. The zero-order valence-corrected chi connectivity index (χ0v) is 14.4. The van der Waals surface area contributed by atoms with Crippen LogP contribution < -0.4 is 20.1 Å². The Morgan fingerprint density at radius 1 is 1.00 bits per heavy atom. The molecule has 0 fully saturated rings. The lowest BCUT2D eigenvalue weighted by Crippen LogP contribution is -2.16. The van der Waals surface area contributed by atoms with E-state index in [9.17, 15) is 0 Å². The maximum Gasteiger partial charge on any atom is 0.160 e. The first-order chi connectivity index (χ1) is 11.1. The van der Waals surface area contributed by atoms with E-state index in [0.717, 1.165) is 17.9 Å². The molecule has 0 aliphatic carbocycles. The zero-order valence-electron chi connectivity index (χ0n) is 14.4. The third kappa shape index (κ3) is 4.17. The fourth-order valence-electron chi connectivity index (χ4n) is 2.69. The number of ether oxygens (including phenoxy) is 2. The molecular formula is C19H26N2O2. The molecule has 0 saturated carbocycles. The number of rotatable bonds is 7. The zero-order chi connectivity index (χ0) is 16.8. The number of hydrogen-bond acceptors (Lipinski definition) is 4. The molecule has 4 nitrogen and oxygen atoms in total. The van der Waals surface area contributed by atoms with E-state index in [1.165, 1.54) is 16.8 Å². The maximum atomic E-state index is 6.03. The predicted octanol–water partition coefficient (Wildman–Crippen LogP) is 3.05. The van der Waals surface area contributed by atoms with Crippen molar-refractivity contribution in [1.29, 1.82) is 0 Å². The second-order valence-corrected chi connectivity index (χ2v) is 5.82. The Balaban J connectivity index is 2.24. The molecule has 2 N–H and O–H groups in total. The number of anilines is 1. The van der Waals surface area contributed by atoms with Gasteiger partial charge in [0.05, 0.1) is 14.2 Å². The lowest BCUT2D eigenvalue weighted by Gasteiger charge is -2.19. The summed E-state index contributed by atoms with van der Waals surface area (Å²) in [5.41, 5.74) is 9.68. The van der Waals surface area contributed by atoms with E-state index in [1.807, 2.05) is 26.2 Å². The monoisotopic (exact) mass is 314 g/mol. The number of hydrogen-bond donors (Lipinski definition) is 1. The molecule has 0 aromatic heterocycles. The van der Waals surface area contributed by atoms with Gasteiger partial charge in [-0.25, -0.2) is 0 Å². The van der Waals surface area contributed by atoms with Crippen LogP contribution in [0.25, 0.3) is 0 Å². The molecule has 0 aliphatic heterocycles. The first kappa shape index (κ1) is 17.2. The summed E-state index contributed by atoms with van der Waals surface area (Å²) in [6, 6.07) is 14.6. The number of methoxy groups -OCH3 is 2. The molecule has 1 atom stereocenters. The minimum absolute atomic E-state index is 0.243. The molecule has 0 radical (unpaired) electrons. The summed E-state index contributed by atoms with van der Waals surface area (Å²) in [6.45, 7) is 0.585. The Bertz CT molecular complexity index is 641. The van der Waals surface area contributed by atoms with E-state index in [4.69, 9.17) is 15.2 Å². The molecule has 0 saturated heterocycles. The Hall–Kier alpha value is -2.20. The van der Waals surface area contributed by atoms with Gasteiger partial charge in [-0.15, -0.1) is 0 Å². The second kappa shape index (κ2) is 7.88. The summed E-state index contributed by atoms with van der Waals surface area (Å²) in [5, 5.41) is 0. The fraction of sp³-hybridized carbons (Fsp3) is 0.368. The van der Waals surface area contributed by atoms with Crippen molar-refractivity contribution in [2.75, 3.05) is 39.8 Å². The van der Waals surface area contributed by atoms with Crippen LogP contribution in [-0.2, 0) is 6.42 Å². The van der Waals surface area contributed by atoms with E-state index in [0.29, 0.717) is 6.54 Å². The Kier molecular flexibility index (Phi) is 5.88. The first-order valence-corrected chi connectivity index (χ1v) is 7.77. The molecule has 124 valence electrons. The third-order valence-corrected chi connectivity index (χ3v) is 4.07. The minimum atomic E-state index is 0.243. The average Bonchev–Trinajstić information content (AvgIpc) is 2.59. The molecule has 4 heteroatoms. The van der Waals surface area contributed by atoms with Crippen LogP contribution in [0.15, 0.2) is 42.5 Å². The van der Waals surface area contributed by atoms with Crippen LogP contribution in [0.2, 0.25) is 0 Å². The summed E-state index contributed by atoms with van der Waals surface area (Å²) in [6.07, 6.45) is 0.896. The highest BCUT2D eigenvalue weighted by Gasteiger charge is 2.14. The first-order valence-electron chi connectivity index (χ1n) is 7.77. The van der Waals surface area contributed by atoms with E-state index >= 15 is 0 Å². The van der Waals surface area contributed by atoms with E-state index in [2.05, 4.69) is 35.2 Å². The average molecular weight is 314 g/mol. The summed E-state index contributed by atoms with van der Waals surface area (Å²) in [4.78, 5) is 2.11. The van der Waals surface area contributed by atoms with Gasteiger partial charge in [-0.3, -0.25) is 0 Å². The fourth-order valence-corrected chi connectivity index (χ4v) is 2.69. The van der Waals surface area contributed by atoms with Crippen molar-refractivity contribution in [3.05, 3.63) is 53.6 Å². The van der Waals surface area contributed by atoms with Gasteiger partial charge < -0.3 is 20.1 Å². The largest absolute Gasteiger partial charge is 0.493 e. The summed E-state index contributed by atoms with van der Waals surface area (Å²) < 4.78 is 10.7. The predicted molar refractivity (Wildman–Crippen MR) is 95.8 cm³/mol. The highest BCUT2D eigenvalue weighted by Crippen LogP contribution is 2.31. The van der Waals surface area contributed by atoms with Gasteiger partial charge in [0, 0.05) is 25.7 Å². The van der Waals surface area contributed by atoms with Crippen molar-refractivity contribution in [2.24, 2.45) is 5.73 Å². The van der Waals surface area contributed by atoms with E-state index < -0.39 is 0 Å². The van der Waals surface area contributed by atoms with Crippen LogP contribution in [0.3, 0.4) is 0 Å². The van der Waals surface area contributed by atoms with Crippen molar-refractivity contribution >= 4 is 5.69 Å². The Morgan fingerprint density at radius 3 is 2.35 bits per heavy atom. The van der Waals surface area contributed by atoms with Crippen LogP contribution in [-0.4, -0.2) is 34.9 Å². The topological polar surface area (TPSA) is 47.7 Å². The lowest BCUT2D eigenvalue weighted by atomic mass is 9.91. The summed E-state index contributed by atoms with van der Waals surface area (Å²) in [5.74, 6) is 1.72. The normalized spacial score (nSPS) is 11.9. The van der Waals surface area contributed by atoms with E-state index in [1.54, 1.807) is 14.2 Å². The second-order valence-electron chi connectivity index (χ2n) is 5.82.